The van der Waals surface area contributed by atoms with E-state index in [0.717, 1.165) is 32.6 Å². The monoisotopic (exact) mass is 316 g/mol. The minimum Gasteiger partial charge on any atom is -0.340 e. The van der Waals surface area contributed by atoms with Crippen LogP contribution in [-0.2, 0) is 11.2 Å². The molecule has 1 amide bonds. The van der Waals surface area contributed by atoms with E-state index in [2.05, 4.69) is 25.7 Å². The maximum absolute atomic E-state index is 12.3. The summed E-state index contributed by atoms with van der Waals surface area (Å²) in [5.74, 6) is 0.161. The van der Waals surface area contributed by atoms with Gasteiger partial charge in [0.2, 0.25) is 5.91 Å². The maximum atomic E-state index is 12.3. The van der Waals surface area contributed by atoms with Crippen LogP contribution in [0.4, 0.5) is 0 Å². The summed E-state index contributed by atoms with van der Waals surface area (Å²) in [6.45, 7) is 9.85. The van der Waals surface area contributed by atoms with Gasteiger partial charge in [-0.15, -0.1) is 0 Å². The Hall–Kier alpha value is -1.68. The van der Waals surface area contributed by atoms with Crippen molar-refractivity contribution in [3.8, 4) is 0 Å². The van der Waals surface area contributed by atoms with Crippen molar-refractivity contribution in [2.45, 2.75) is 46.1 Å². The second-order valence-electron chi connectivity index (χ2n) is 6.48. The number of hydrogen-bond acceptors (Lipinski definition) is 3. The zero-order valence-corrected chi connectivity index (χ0v) is 14.5. The summed E-state index contributed by atoms with van der Waals surface area (Å²) in [5.41, 5.74) is 1.93. The number of rotatable bonds is 6. The van der Waals surface area contributed by atoms with Gasteiger partial charge in [0.25, 0.3) is 0 Å². The van der Waals surface area contributed by atoms with Crippen molar-refractivity contribution in [1.29, 1.82) is 0 Å². The van der Waals surface area contributed by atoms with Gasteiger partial charge in [-0.2, -0.15) is 0 Å². The lowest BCUT2D eigenvalue weighted by Gasteiger charge is -2.37. The van der Waals surface area contributed by atoms with E-state index >= 15 is 0 Å². The second kappa shape index (κ2) is 8.25. The predicted octanol–water partition coefficient (Wildman–Crippen LogP) is 2.76. The minimum absolute atomic E-state index is 0.0572. The molecule has 1 fully saturated rings. The van der Waals surface area contributed by atoms with Crippen LogP contribution < -0.4 is 0 Å². The van der Waals surface area contributed by atoms with E-state index in [9.17, 15) is 9.59 Å². The molecule has 0 spiro atoms. The summed E-state index contributed by atoms with van der Waals surface area (Å²) in [5, 5.41) is 0. The molecule has 0 unspecified atom stereocenters. The Morgan fingerprint density at radius 2 is 1.61 bits per heavy atom. The average Bonchev–Trinajstić information content (AvgIpc) is 2.59. The van der Waals surface area contributed by atoms with Crippen LogP contribution in [0.3, 0.4) is 0 Å². The van der Waals surface area contributed by atoms with Gasteiger partial charge in [0.05, 0.1) is 0 Å². The van der Waals surface area contributed by atoms with Crippen molar-refractivity contribution in [2.75, 3.05) is 26.2 Å². The van der Waals surface area contributed by atoms with E-state index in [1.165, 1.54) is 5.56 Å². The molecule has 0 aliphatic carbocycles. The molecule has 1 heterocycles. The molecule has 0 bridgehead atoms. The molecular formula is C19H28N2O2. The molecule has 0 atom stereocenters. The standard InChI is InChI=1S/C19H28N2O2/c1-4-16-5-7-17(8-6-16)18(22)9-10-19(23)21-13-11-20(12-14-21)15(2)3/h5-8,15H,4,9-14H2,1-3H3. The normalized spacial score (nSPS) is 15.9. The third kappa shape index (κ3) is 4.90. The Kier molecular flexibility index (Phi) is 6.34. The lowest BCUT2D eigenvalue weighted by atomic mass is 10.0. The molecule has 0 aromatic heterocycles. The zero-order valence-electron chi connectivity index (χ0n) is 14.5. The lowest BCUT2D eigenvalue weighted by molar-refractivity contribution is -0.133. The van der Waals surface area contributed by atoms with Gasteiger partial charge in [0, 0.05) is 50.6 Å². The molecule has 0 radical (unpaired) electrons. The van der Waals surface area contributed by atoms with Crippen LogP contribution in [0.2, 0.25) is 0 Å². The van der Waals surface area contributed by atoms with Gasteiger partial charge in [0.15, 0.2) is 5.78 Å². The number of piperazine rings is 1. The smallest absolute Gasteiger partial charge is 0.223 e. The highest BCUT2D eigenvalue weighted by Crippen LogP contribution is 2.11. The molecule has 0 N–H and O–H groups in total. The topological polar surface area (TPSA) is 40.6 Å². The first-order valence-electron chi connectivity index (χ1n) is 8.65. The molecule has 4 nitrogen and oxygen atoms in total. The van der Waals surface area contributed by atoms with Gasteiger partial charge in [-0.3, -0.25) is 14.5 Å². The number of hydrogen-bond donors (Lipinski definition) is 0. The van der Waals surface area contributed by atoms with Gasteiger partial charge < -0.3 is 4.90 Å². The van der Waals surface area contributed by atoms with Crippen molar-refractivity contribution >= 4 is 11.7 Å². The van der Waals surface area contributed by atoms with Crippen LogP contribution in [-0.4, -0.2) is 53.7 Å². The second-order valence-corrected chi connectivity index (χ2v) is 6.48. The van der Waals surface area contributed by atoms with Gasteiger partial charge in [-0.05, 0) is 25.8 Å². The Balaban J connectivity index is 1.78. The van der Waals surface area contributed by atoms with Gasteiger partial charge in [-0.25, -0.2) is 0 Å². The number of carbonyl (C=O) groups excluding carboxylic acids is 2. The summed E-state index contributed by atoms with van der Waals surface area (Å²) >= 11 is 0. The molecule has 1 aromatic rings. The van der Waals surface area contributed by atoms with Crippen molar-refractivity contribution in [1.82, 2.24) is 9.80 Å². The maximum Gasteiger partial charge on any atom is 0.223 e. The van der Waals surface area contributed by atoms with Gasteiger partial charge in [-0.1, -0.05) is 31.2 Å². The van der Waals surface area contributed by atoms with Crippen LogP contribution in [0.25, 0.3) is 0 Å². The van der Waals surface area contributed by atoms with E-state index in [0.29, 0.717) is 24.4 Å². The molecule has 1 aromatic carbocycles. The molecular weight excluding hydrogens is 288 g/mol. The third-order valence-electron chi connectivity index (χ3n) is 4.65. The summed E-state index contributed by atoms with van der Waals surface area (Å²) in [6.07, 6.45) is 1.58. The molecule has 2 rings (SSSR count). The molecule has 1 saturated heterocycles. The first-order chi connectivity index (χ1) is 11.0. The highest BCUT2D eigenvalue weighted by atomic mass is 16.2. The van der Waals surface area contributed by atoms with Gasteiger partial charge >= 0.3 is 0 Å². The Labute approximate surface area is 139 Å². The minimum atomic E-state index is 0.0572. The Bertz CT molecular complexity index is 529. The number of aryl methyl sites for hydroxylation is 1. The number of Topliss-reactive ketones (excluding diaryl/α,β-unsaturated/α-hetero) is 1. The molecule has 1 aliphatic heterocycles. The average molecular weight is 316 g/mol. The van der Waals surface area contributed by atoms with Gasteiger partial charge in [0.1, 0.15) is 0 Å². The SMILES string of the molecule is CCc1ccc(C(=O)CCC(=O)N2CCN(C(C)C)CC2)cc1. The van der Waals surface area contributed by atoms with Crippen LogP contribution in [0.15, 0.2) is 24.3 Å². The molecule has 1 aliphatic rings. The molecule has 0 saturated carbocycles. The molecule has 4 heteroatoms. The third-order valence-corrected chi connectivity index (χ3v) is 4.65. The van der Waals surface area contributed by atoms with Crippen molar-refractivity contribution < 1.29 is 9.59 Å². The zero-order chi connectivity index (χ0) is 16.8. The fraction of sp³-hybridized carbons (Fsp3) is 0.579. The fourth-order valence-electron chi connectivity index (χ4n) is 2.94. The molecule has 23 heavy (non-hydrogen) atoms. The van der Waals surface area contributed by atoms with E-state index in [1.807, 2.05) is 29.2 Å². The van der Waals surface area contributed by atoms with Crippen LogP contribution in [0.1, 0.15) is 49.5 Å². The van der Waals surface area contributed by atoms with Crippen LogP contribution >= 0.6 is 0 Å². The lowest BCUT2D eigenvalue weighted by Crippen LogP contribution is -2.50. The number of amides is 1. The fourth-order valence-corrected chi connectivity index (χ4v) is 2.94. The largest absolute Gasteiger partial charge is 0.340 e. The predicted molar refractivity (Wildman–Crippen MR) is 92.7 cm³/mol. The van der Waals surface area contributed by atoms with Crippen LogP contribution in [0, 0.1) is 0 Å². The summed E-state index contributed by atoms with van der Waals surface area (Å²) in [7, 11) is 0. The summed E-state index contributed by atoms with van der Waals surface area (Å²) < 4.78 is 0. The molecule has 126 valence electrons. The first kappa shape index (κ1) is 17.7. The number of benzene rings is 1. The highest BCUT2D eigenvalue weighted by molar-refractivity contribution is 5.98. The summed E-state index contributed by atoms with van der Waals surface area (Å²) in [4.78, 5) is 28.7. The summed E-state index contributed by atoms with van der Waals surface area (Å²) in [6, 6.07) is 8.24. The Morgan fingerprint density at radius 1 is 1.00 bits per heavy atom. The number of ketones is 1. The number of nitrogens with zero attached hydrogens (tertiary/aromatic N) is 2. The quantitative estimate of drug-likeness (QED) is 0.758. The Morgan fingerprint density at radius 3 is 2.13 bits per heavy atom. The highest BCUT2D eigenvalue weighted by Gasteiger charge is 2.22. The van der Waals surface area contributed by atoms with E-state index in [4.69, 9.17) is 0 Å². The first-order valence-corrected chi connectivity index (χ1v) is 8.65. The van der Waals surface area contributed by atoms with E-state index in [-0.39, 0.29) is 11.7 Å². The number of carbonyl (C=O) groups is 2. The van der Waals surface area contributed by atoms with Crippen LogP contribution in [0.5, 0.6) is 0 Å². The van der Waals surface area contributed by atoms with Crippen molar-refractivity contribution in [3.05, 3.63) is 35.4 Å². The van der Waals surface area contributed by atoms with Crippen molar-refractivity contribution in [2.24, 2.45) is 0 Å². The van der Waals surface area contributed by atoms with E-state index in [1.54, 1.807) is 0 Å². The van der Waals surface area contributed by atoms with E-state index < -0.39 is 0 Å². The van der Waals surface area contributed by atoms with Crippen molar-refractivity contribution in [3.63, 3.8) is 0 Å².